The summed E-state index contributed by atoms with van der Waals surface area (Å²) in [6.07, 6.45) is 0. The topological polar surface area (TPSA) is 56.1 Å². The Kier molecular flexibility index (Phi) is 5.21. The van der Waals surface area contributed by atoms with Crippen LogP contribution >= 0.6 is 0 Å². The minimum atomic E-state index is -2.89. The highest BCUT2D eigenvalue weighted by Crippen LogP contribution is 2.25. The maximum atomic E-state index is 12.8. The normalized spacial score (nSPS) is 10.9. The molecule has 0 aliphatic rings. The lowest BCUT2D eigenvalue weighted by molar-refractivity contribution is -0.0498. The predicted molar refractivity (Wildman–Crippen MR) is 98.8 cm³/mol. The average Bonchev–Trinajstić information content (AvgIpc) is 2.92. The van der Waals surface area contributed by atoms with Gasteiger partial charge < -0.3 is 10.1 Å². The van der Waals surface area contributed by atoms with Gasteiger partial charge in [0, 0.05) is 5.69 Å². The van der Waals surface area contributed by atoms with E-state index in [1.54, 1.807) is 18.5 Å². The van der Waals surface area contributed by atoms with Gasteiger partial charge in [-0.15, -0.1) is 0 Å². The van der Waals surface area contributed by atoms with E-state index in [1.165, 1.54) is 18.2 Å². The Bertz CT molecular complexity index is 969. The molecule has 1 amide bonds. The van der Waals surface area contributed by atoms with Crippen LogP contribution in [-0.4, -0.2) is 22.3 Å². The Morgan fingerprint density at radius 1 is 1.11 bits per heavy atom. The van der Waals surface area contributed by atoms with Gasteiger partial charge in [-0.05, 0) is 56.7 Å². The summed E-state index contributed by atoms with van der Waals surface area (Å²) < 4.78 is 30.7. The molecule has 3 rings (SSSR count). The number of rotatable bonds is 5. The summed E-state index contributed by atoms with van der Waals surface area (Å²) in [7, 11) is 0. The van der Waals surface area contributed by atoms with Gasteiger partial charge >= 0.3 is 6.61 Å². The molecule has 0 radical (unpaired) electrons. The molecule has 0 atom stereocenters. The zero-order chi connectivity index (χ0) is 19.6. The van der Waals surface area contributed by atoms with E-state index in [-0.39, 0.29) is 11.7 Å². The molecule has 0 aliphatic heterocycles. The van der Waals surface area contributed by atoms with Gasteiger partial charge in [0.2, 0.25) is 0 Å². The van der Waals surface area contributed by atoms with E-state index in [9.17, 15) is 13.6 Å². The fourth-order valence-corrected chi connectivity index (χ4v) is 2.93. The molecule has 0 fully saturated rings. The molecule has 2 aromatic carbocycles. The molecule has 0 saturated heterocycles. The van der Waals surface area contributed by atoms with Crippen molar-refractivity contribution in [2.75, 3.05) is 5.32 Å². The van der Waals surface area contributed by atoms with Gasteiger partial charge in [0.1, 0.15) is 5.75 Å². The van der Waals surface area contributed by atoms with Crippen LogP contribution in [0.5, 0.6) is 5.75 Å². The number of hydrogen-bond acceptors (Lipinski definition) is 3. The lowest BCUT2D eigenvalue weighted by atomic mass is 10.1. The van der Waals surface area contributed by atoms with Crippen molar-refractivity contribution < 1.29 is 18.3 Å². The van der Waals surface area contributed by atoms with Crippen LogP contribution in [0, 0.1) is 20.8 Å². The molecule has 0 bridgehead atoms. The molecule has 1 N–H and O–H groups in total. The first-order valence-corrected chi connectivity index (χ1v) is 8.35. The average molecular weight is 371 g/mol. The van der Waals surface area contributed by atoms with Crippen LogP contribution in [0.4, 0.5) is 14.5 Å². The van der Waals surface area contributed by atoms with Crippen molar-refractivity contribution in [1.82, 2.24) is 9.78 Å². The van der Waals surface area contributed by atoms with E-state index >= 15 is 0 Å². The molecule has 0 spiro atoms. The summed E-state index contributed by atoms with van der Waals surface area (Å²) in [6, 6.07) is 13.9. The van der Waals surface area contributed by atoms with Crippen molar-refractivity contribution in [2.45, 2.75) is 27.4 Å². The largest absolute Gasteiger partial charge is 0.435 e. The van der Waals surface area contributed by atoms with Crippen molar-refractivity contribution in [2.24, 2.45) is 0 Å². The molecular formula is C20H19F2N3O2. The number of ether oxygens (including phenoxy) is 1. The van der Waals surface area contributed by atoms with Crippen LogP contribution in [0.15, 0.2) is 48.5 Å². The number of carbonyl (C=O) groups excluding carboxylic acids is 1. The Morgan fingerprint density at radius 3 is 2.44 bits per heavy atom. The number of benzene rings is 2. The third-order valence-corrected chi connectivity index (χ3v) is 4.19. The quantitative estimate of drug-likeness (QED) is 0.710. The zero-order valence-corrected chi connectivity index (χ0v) is 15.2. The first-order chi connectivity index (χ1) is 12.9. The van der Waals surface area contributed by atoms with Crippen molar-refractivity contribution in [3.05, 3.63) is 71.0 Å². The number of aromatic nitrogens is 2. The van der Waals surface area contributed by atoms with Gasteiger partial charge in [0.15, 0.2) is 0 Å². The smallest absolute Gasteiger partial charge is 0.387 e. The molecule has 5 nitrogen and oxygen atoms in total. The van der Waals surface area contributed by atoms with E-state index in [4.69, 9.17) is 0 Å². The number of anilines is 1. The molecule has 0 unspecified atom stereocenters. The lowest BCUT2D eigenvalue weighted by Crippen LogP contribution is -2.15. The molecule has 0 aliphatic carbocycles. The lowest BCUT2D eigenvalue weighted by Gasteiger charge is -2.11. The Hall–Kier alpha value is -3.22. The Balaban J connectivity index is 1.86. The second-order valence-electron chi connectivity index (χ2n) is 6.10. The highest BCUT2D eigenvalue weighted by Gasteiger charge is 2.20. The third kappa shape index (κ3) is 3.97. The molecular weight excluding hydrogens is 352 g/mol. The standard InChI is InChI=1S/C20H19F2N3O2/c1-12-11-16(27-20(21)22)9-10-17(12)23-19(26)18-13(2)24-25(14(18)3)15-7-5-4-6-8-15/h4-11,20H,1-3H3,(H,23,26). The SMILES string of the molecule is Cc1cc(OC(F)F)ccc1NC(=O)c1c(C)nn(-c2ccccc2)c1C. The number of amides is 1. The fourth-order valence-electron chi connectivity index (χ4n) is 2.93. The number of para-hydroxylation sites is 1. The summed E-state index contributed by atoms with van der Waals surface area (Å²) in [5, 5.41) is 7.28. The second-order valence-corrected chi connectivity index (χ2v) is 6.10. The maximum absolute atomic E-state index is 12.8. The van der Waals surface area contributed by atoms with E-state index in [2.05, 4.69) is 15.2 Å². The predicted octanol–water partition coefficient (Wildman–Crippen LogP) is 4.65. The summed E-state index contributed by atoms with van der Waals surface area (Å²) in [5.74, 6) is -0.262. The zero-order valence-electron chi connectivity index (χ0n) is 15.2. The molecule has 1 heterocycles. The first kappa shape index (κ1) is 18.6. The molecule has 3 aromatic rings. The van der Waals surface area contributed by atoms with Gasteiger partial charge in [-0.2, -0.15) is 13.9 Å². The van der Waals surface area contributed by atoms with Crippen LogP contribution in [0.2, 0.25) is 0 Å². The van der Waals surface area contributed by atoms with Crippen LogP contribution in [0.3, 0.4) is 0 Å². The molecule has 27 heavy (non-hydrogen) atoms. The number of halogens is 2. The van der Waals surface area contributed by atoms with Crippen LogP contribution in [0.1, 0.15) is 27.3 Å². The second kappa shape index (κ2) is 7.57. The van der Waals surface area contributed by atoms with Gasteiger partial charge in [0.25, 0.3) is 5.91 Å². The van der Waals surface area contributed by atoms with Gasteiger partial charge in [-0.1, -0.05) is 18.2 Å². The number of alkyl halides is 2. The minimum absolute atomic E-state index is 0.0461. The number of carbonyl (C=O) groups is 1. The molecule has 140 valence electrons. The van der Waals surface area contributed by atoms with E-state index in [1.807, 2.05) is 37.3 Å². The number of nitrogens with zero attached hydrogens (tertiary/aromatic N) is 2. The first-order valence-electron chi connectivity index (χ1n) is 8.35. The Labute approximate surface area is 155 Å². The van der Waals surface area contributed by atoms with Crippen molar-refractivity contribution in [1.29, 1.82) is 0 Å². The van der Waals surface area contributed by atoms with Crippen LogP contribution < -0.4 is 10.1 Å². The molecule has 0 saturated carbocycles. The fraction of sp³-hybridized carbons (Fsp3) is 0.200. The Morgan fingerprint density at radius 2 is 1.81 bits per heavy atom. The van der Waals surface area contributed by atoms with Crippen molar-refractivity contribution in [3.8, 4) is 11.4 Å². The monoisotopic (exact) mass is 371 g/mol. The molecule has 1 aromatic heterocycles. The number of nitrogens with one attached hydrogen (secondary N) is 1. The van der Waals surface area contributed by atoms with E-state index in [0.717, 1.165) is 5.69 Å². The van der Waals surface area contributed by atoms with Gasteiger partial charge in [-0.3, -0.25) is 4.79 Å². The van der Waals surface area contributed by atoms with Crippen LogP contribution in [-0.2, 0) is 0 Å². The summed E-state index contributed by atoms with van der Waals surface area (Å²) in [5.41, 5.74) is 3.80. The summed E-state index contributed by atoms with van der Waals surface area (Å²) in [4.78, 5) is 12.8. The highest BCUT2D eigenvalue weighted by atomic mass is 19.3. The highest BCUT2D eigenvalue weighted by molar-refractivity contribution is 6.06. The van der Waals surface area contributed by atoms with Gasteiger partial charge in [-0.25, -0.2) is 4.68 Å². The summed E-state index contributed by atoms with van der Waals surface area (Å²) >= 11 is 0. The summed E-state index contributed by atoms with van der Waals surface area (Å²) in [6.45, 7) is 2.42. The van der Waals surface area contributed by atoms with Gasteiger partial charge in [0.05, 0.1) is 22.6 Å². The number of hydrogen-bond donors (Lipinski definition) is 1. The van der Waals surface area contributed by atoms with E-state index < -0.39 is 6.61 Å². The van der Waals surface area contributed by atoms with Crippen molar-refractivity contribution in [3.63, 3.8) is 0 Å². The molecule has 7 heteroatoms. The maximum Gasteiger partial charge on any atom is 0.387 e. The van der Waals surface area contributed by atoms with Crippen LogP contribution in [0.25, 0.3) is 5.69 Å². The van der Waals surface area contributed by atoms with E-state index in [0.29, 0.717) is 28.2 Å². The minimum Gasteiger partial charge on any atom is -0.435 e. The third-order valence-electron chi connectivity index (χ3n) is 4.19. The number of aryl methyl sites for hydroxylation is 2. The van der Waals surface area contributed by atoms with Crippen molar-refractivity contribution >= 4 is 11.6 Å².